The van der Waals surface area contributed by atoms with Crippen molar-refractivity contribution in [3.05, 3.63) is 0 Å². The summed E-state index contributed by atoms with van der Waals surface area (Å²) in [7, 11) is -3.21. The molecule has 0 spiro atoms. The summed E-state index contributed by atoms with van der Waals surface area (Å²) in [6, 6.07) is 0. The average molecular weight is 312 g/mol. The smallest absolute Gasteiger partial charge is 0.418 e. The van der Waals surface area contributed by atoms with Crippen LogP contribution in [0, 0.1) is 0 Å². The largest absolute Gasteiger partial charge is 1.00 e. The van der Waals surface area contributed by atoms with Gasteiger partial charge in [-0.1, -0.05) is 6.42 Å². The molecule has 0 radical (unpaired) electrons. The van der Waals surface area contributed by atoms with Crippen LogP contribution >= 0.6 is 9.24 Å². The molecule has 1 fully saturated rings. The van der Waals surface area contributed by atoms with E-state index in [0.717, 1.165) is 0 Å². The van der Waals surface area contributed by atoms with Crippen molar-refractivity contribution in [3.63, 3.8) is 0 Å². The number of hydrogen-bond donors (Lipinski definition) is 1. The Labute approximate surface area is 93.2 Å². The fraction of sp³-hybridized carbons (Fsp3) is 1.00. The summed E-state index contributed by atoms with van der Waals surface area (Å²) < 4.78 is 39.0. The average Bonchev–Trinajstić information content (AvgIpc) is 1.85. The van der Waals surface area contributed by atoms with E-state index in [9.17, 15) is 17.3 Å². The molecule has 84 valence electrons. The van der Waals surface area contributed by atoms with Crippen LogP contribution in [0.1, 0.15) is 19.3 Å². The summed E-state index contributed by atoms with van der Waals surface area (Å²) in [5.74, 6) is 0.703. The molecule has 0 aromatic rings. The number of halogens is 4. The Kier molecular flexibility index (Phi) is 10.4. The van der Waals surface area contributed by atoms with Crippen LogP contribution in [0.3, 0.4) is 0 Å². The van der Waals surface area contributed by atoms with E-state index in [4.69, 9.17) is 0 Å². The molecule has 1 aliphatic heterocycles. The summed E-state index contributed by atoms with van der Waals surface area (Å²) in [4.78, 5) is 0. The normalized spacial score (nSPS) is 22.4. The molecule has 0 bridgehead atoms. The number of hydrogen-bond acceptors (Lipinski definition) is 1. The maximum atomic E-state index is 9.75. The van der Waals surface area contributed by atoms with Gasteiger partial charge in [-0.2, -0.15) is 0 Å². The van der Waals surface area contributed by atoms with Crippen molar-refractivity contribution in [3.8, 4) is 0 Å². The van der Waals surface area contributed by atoms with Crippen molar-refractivity contribution in [2.75, 3.05) is 6.54 Å². The van der Waals surface area contributed by atoms with Crippen LogP contribution in [0.4, 0.5) is 17.3 Å². The van der Waals surface area contributed by atoms with Gasteiger partial charge in [0.2, 0.25) is 0 Å². The predicted molar refractivity (Wildman–Crippen MR) is 45.5 cm³/mol. The SMILES string of the molecule is F[B-](F)(F)F.PC1CCCCN1.[Ag+]. The van der Waals surface area contributed by atoms with Crippen LogP contribution in [0.15, 0.2) is 0 Å². The van der Waals surface area contributed by atoms with E-state index in [0.29, 0.717) is 5.78 Å². The van der Waals surface area contributed by atoms with E-state index in [1.807, 2.05) is 0 Å². The van der Waals surface area contributed by atoms with Gasteiger partial charge >= 0.3 is 29.6 Å². The number of piperidine rings is 1. The topological polar surface area (TPSA) is 12.0 Å². The van der Waals surface area contributed by atoms with E-state index in [-0.39, 0.29) is 22.4 Å². The molecule has 0 aromatic heterocycles. The molecule has 1 saturated heterocycles. The van der Waals surface area contributed by atoms with Crippen molar-refractivity contribution in [1.29, 1.82) is 0 Å². The molecule has 13 heavy (non-hydrogen) atoms. The summed E-state index contributed by atoms with van der Waals surface area (Å²) in [6.07, 6.45) is 4.11. The third kappa shape index (κ3) is 19.4. The standard InChI is InChI=1S/C5H12NP.Ag.BF4/c7-5-3-1-2-4-6-5;;2-1(3,4)5/h5-6H,1-4,7H2;;/q;+1;-1. The third-order valence-electron chi connectivity index (χ3n) is 1.35. The van der Waals surface area contributed by atoms with Gasteiger partial charge in [-0.25, -0.2) is 0 Å². The summed E-state index contributed by atoms with van der Waals surface area (Å²) in [5, 5.41) is 3.34. The fourth-order valence-corrected chi connectivity index (χ4v) is 1.28. The quantitative estimate of drug-likeness (QED) is 0.411. The van der Waals surface area contributed by atoms with E-state index < -0.39 is 7.25 Å². The molecule has 0 saturated carbocycles. The van der Waals surface area contributed by atoms with Crippen molar-refractivity contribution in [1.82, 2.24) is 5.32 Å². The molecule has 1 aliphatic rings. The van der Waals surface area contributed by atoms with Gasteiger partial charge in [0, 0.05) is 5.78 Å². The Morgan fingerprint density at radius 1 is 1.15 bits per heavy atom. The molecule has 1 rings (SSSR count). The fourth-order valence-electron chi connectivity index (χ4n) is 0.879. The molecule has 0 aromatic carbocycles. The monoisotopic (exact) mass is 311 g/mol. The van der Waals surface area contributed by atoms with Crippen LogP contribution in [0.25, 0.3) is 0 Å². The third-order valence-corrected chi connectivity index (χ3v) is 1.92. The van der Waals surface area contributed by atoms with E-state index in [1.165, 1.54) is 25.8 Å². The second-order valence-electron chi connectivity index (χ2n) is 2.55. The molecule has 1 nitrogen and oxygen atoms in total. The Bertz CT molecular complexity index is 114. The summed E-state index contributed by atoms with van der Waals surface area (Å²) in [5.41, 5.74) is 0. The molecule has 2 unspecified atom stereocenters. The van der Waals surface area contributed by atoms with Gasteiger partial charge in [-0.3, -0.25) is 0 Å². The zero-order valence-electron chi connectivity index (χ0n) is 6.87. The Morgan fingerprint density at radius 2 is 1.62 bits per heavy atom. The second-order valence-corrected chi connectivity index (χ2v) is 3.36. The Morgan fingerprint density at radius 3 is 1.77 bits per heavy atom. The molecular weight excluding hydrogens is 300 g/mol. The zero-order valence-corrected chi connectivity index (χ0v) is 9.51. The van der Waals surface area contributed by atoms with Gasteiger partial charge in [0.25, 0.3) is 0 Å². The van der Waals surface area contributed by atoms with Crippen LogP contribution in [0.5, 0.6) is 0 Å². The van der Waals surface area contributed by atoms with Crippen LogP contribution in [0.2, 0.25) is 0 Å². The van der Waals surface area contributed by atoms with E-state index in [2.05, 4.69) is 14.6 Å². The van der Waals surface area contributed by atoms with Crippen LogP contribution in [-0.4, -0.2) is 19.6 Å². The van der Waals surface area contributed by atoms with E-state index in [1.54, 1.807) is 0 Å². The van der Waals surface area contributed by atoms with Gasteiger partial charge in [0.05, 0.1) is 0 Å². The predicted octanol–water partition coefficient (Wildman–Crippen LogP) is 2.26. The van der Waals surface area contributed by atoms with Gasteiger partial charge in [-0.15, -0.1) is 9.24 Å². The van der Waals surface area contributed by atoms with E-state index >= 15 is 0 Å². The molecule has 1 N–H and O–H groups in total. The zero-order chi connectivity index (χ0) is 9.61. The minimum absolute atomic E-state index is 0. The second kappa shape index (κ2) is 8.24. The van der Waals surface area contributed by atoms with Crippen LogP contribution < -0.4 is 5.32 Å². The summed E-state index contributed by atoms with van der Waals surface area (Å²) >= 11 is 0. The molecule has 0 amide bonds. The number of rotatable bonds is 0. The minimum atomic E-state index is -6.00. The first-order valence-corrected chi connectivity index (χ1v) is 4.42. The van der Waals surface area contributed by atoms with Gasteiger partial charge in [0.15, 0.2) is 0 Å². The molecule has 0 aliphatic carbocycles. The summed E-state index contributed by atoms with van der Waals surface area (Å²) in [6.45, 7) is 1.22. The van der Waals surface area contributed by atoms with Gasteiger partial charge in [-0.05, 0) is 19.4 Å². The van der Waals surface area contributed by atoms with Gasteiger partial charge in [0.1, 0.15) is 0 Å². The van der Waals surface area contributed by atoms with Crippen molar-refractivity contribution in [2.24, 2.45) is 0 Å². The first-order chi connectivity index (χ1) is 5.39. The molecular formula is C5H12AgBF4NP. The molecule has 1 heterocycles. The van der Waals surface area contributed by atoms with Crippen LogP contribution in [-0.2, 0) is 22.4 Å². The maximum absolute atomic E-state index is 9.75. The first-order valence-electron chi connectivity index (χ1n) is 3.76. The van der Waals surface area contributed by atoms with Gasteiger partial charge < -0.3 is 22.6 Å². The Hall–Kier alpha value is 0.915. The van der Waals surface area contributed by atoms with Crippen molar-refractivity contribution >= 4 is 16.5 Å². The van der Waals surface area contributed by atoms with Crippen molar-refractivity contribution < 1.29 is 39.6 Å². The first kappa shape index (κ1) is 16.3. The maximum Gasteiger partial charge on any atom is 1.00 e. The molecule has 8 heteroatoms. The number of nitrogens with one attached hydrogen (secondary N) is 1. The minimum Gasteiger partial charge on any atom is -0.418 e. The Balaban J connectivity index is 0. The molecule has 2 atom stereocenters. The van der Waals surface area contributed by atoms with Crippen molar-refractivity contribution in [2.45, 2.75) is 25.0 Å².